The van der Waals surface area contributed by atoms with Crippen molar-refractivity contribution in [3.63, 3.8) is 0 Å². The van der Waals surface area contributed by atoms with Crippen LogP contribution in [0.4, 0.5) is 11.8 Å². The lowest BCUT2D eigenvalue weighted by Gasteiger charge is -2.34. The summed E-state index contributed by atoms with van der Waals surface area (Å²) < 4.78 is 1.77. The lowest BCUT2D eigenvalue weighted by atomic mass is 10.2. The molecule has 0 bridgehead atoms. The summed E-state index contributed by atoms with van der Waals surface area (Å²) in [6.45, 7) is 4.93. The predicted molar refractivity (Wildman–Crippen MR) is 88.1 cm³/mol. The second kappa shape index (κ2) is 5.47. The van der Waals surface area contributed by atoms with Crippen LogP contribution in [-0.2, 0) is 0 Å². The first-order valence-electron chi connectivity index (χ1n) is 7.63. The fourth-order valence-corrected chi connectivity index (χ4v) is 2.95. The zero-order valence-corrected chi connectivity index (χ0v) is 12.8. The molecule has 1 fully saturated rings. The Morgan fingerprint density at radius 2 is 2.09 bits per heavy atom. The van der Waals surface area contributed by atoms with Crippen LogP contribution in [0.15, 0.2) is 30.6 Å². The van der Waals surface area contributed by atoms with Crippen molar-refractivity contribution in [1.29, 1.82) is 0 Å². The maximum Gasteiger partial charge on any atom is 0.209 e. The van der Waals surface area contributed by atoms with Crippen LogP contribution in [0.2, 0.25) is 0 Å². The summed E-state index contributed by atoms with van der Waals surface area (Å²) in [5, 5.41) is 11.9. The summed E-state index contributed by atoms with van der Waals surface area (Å²) in [6, 6.07) is 6.06. The average Bonchev–Trinajstić information content (AvgIpc) is 3.00. The minimum Gasteiger partial charge on any atom is -0.369 e. The molecule has 3 aromatic heterocycles. The summed E-state index contributed by atoms with van der Waals surface area (Å²) in [7, 11) is 0. The minimum atomic E-state index is 0.362. The number of aromatic nitrogens is 5. The number of rotatable bonds is 2. The molecule has 0 aromatic carbocycles. The second-order valence-electron chi connectivity index (χ2n) is 5.67. The molecule has 1 unspecified atom stereocenters. The Bertz CT molecular complexity index is 828. The highest BCUT2D eigenvalue weighted by Gasteiger charge is 2.21. The van der Waals surface area contributed by atoms with E-state index in [0.717, 1.165) is 31.0 Å². The standard InChI is InChI=1S/C15H18N8/c1-10-9-18-6-7-22(10)12-8-13-20-21-14(23(13)15(16)19-12)11-2-4-17-5-3-11/h2-5,8,10,18H,6-7,9H2,1H3,(H2,16,19). The van der Waals surface area contributed by atoms with Gasteiger partial charge in [0, 0.05) is 49.7 Å². The summed E-state index contributed by atoms with van der Waals surface area (Å²) in [4.78, 5) is 10.8. The fraction of sp³-hybridized carbons (Fsp3) is 0.333. The van der Waals surface area contributed by atoms with Gasteiger partial charge in [-0.25, -0.2) is 4.40 Å². The molecule has 1 saturated heterocycles. The third kappa shape index (κ3) is 2.36. The zero-order valence-electron chi connectivity index (χ0n) is 12.8. The Hall–Kier alpha value is -2.74. The first-order valence-corrected chi connectivity index (χ1v) is 7.63. The number of nitrogens with zero attached hydrogens (tertiary/aromatic N) is 6. The van der Waals surface area contributed by atoms with Crippen molar-refractivity contribution in [2.24, 2.45) is 0 Å². The van der Waals surface area contributed by atoms with E-state index in [2.05, 4.69) is 37.3 Å². The number of hydrogen-bond donors (Lipinski definition) is 2. The van der Waals surface area contributed by atoms with Crippen LogP contribution in [0, 0.1) is 0 Å². The topological polar surface area (TPSA) is 97.3 Å². The maximum absolute atomic E-state index is 6.21. The van der Waals surface area contributed by atoms with Gasteiger partial charge in [-0.05, 0) is 19.1 Å². The summed E-state index contributed by atoms with van der Waals surface area (Å²) in [5.74, 6) is 1.91. The van der Waals surface area contributed by atoms with Gasteiger partial charge in [-0.2, -0.15) is 4.98 Å². The number of hydrogen-bond acceptors (Lipinski definition) is 7. The molecule has 4 heterocycles. The van der Waals surface area contributed by atoms with E-state index in [1.54, 1.807) is 16.8 Å². The van der Waals surface area contributed by atoms with Crippen LogP contribution in [0.5, 0.6) is 0 Å². The largest absolute Gasteiger partial charge is 0.369 e. The molecule has 4 rings (SSSR count). The number of nitrogens with two attached hydrogens (primary N) is 1. The SMILES string of the molecule is CC1CNCCN1c1cc2nnc(-c3ccncc3)n2c(N)n1. The molecule has 0 saturated carbocycles. The molecule has 23 heavy (non-hydrogen) atoms. The molecule has 1 aliphatic rings. The third-order valence-electron chi connectivity index (χ3n) is 4.14. The highest BCUT2D eigenvalue weighted by molar-refractivity contribution is 5.64. The Morgan fingerprint density at radius 1 is 1.26 bits per heavy atom. The van der Waals surface area contributed by atoms with E-state index in [4.69, 9.17) is 5.73 Å². The highest BCUT2D eigenvalue weighted by atomic mass is 15.3. The average molecular weight is 310 g/mol. The van der Waals surface area contributed by atoms with E-state index in [-0.39, 0.29) is 0 Å². The van der Waals surface area contributed by atoms with Crippen molar-refractivity contribution in [1.82, 2.24) is 29.9 Å². The normalized spacial score (nSPS) is 18.5. The zero-order chi connectivity index (χ0) is 15.8. The van der Waals surface area contributed by atoms with Crippen molar-refractivity contribution in [3.05, 3.63) is 30.6 Å². The number of anilines is 2. The Labute approximate surface area is 133 Å². The van der Waals surface area contributed by atoms with Gasteiger partial charge in [0.2, 0.25) is 5.95 Å². The Balaban J connectivity index is 1.81. The molecule has 0 spiro atoms. The molecular weight excluding hydrogens is 292 g/mol. The summed E-state index contributed by atoms with van der Waals surface area (Å²) >= 11 is 0. The molecule has 3 N–H and O–H groups in total. The van der Waals surface area contributed by atoms with E-state index < -0.39 is 0 Å². The van der Waals surface area contributed by atoms with Gasteiger partial charge in [0.15, 0.2) is 11.5 Å². The van der Waals surface area contributed by atoms with Gasteiger partial charge in [-0.1, -0.05) is 0 Å². The van der Waals surface area contributed by atoms with Gasteiger partial charge >= 0.3 is 0 Å². The number of fused-ring (bicyclic) bond motifs is 1. The fourth-order valence-electron chi connectivity index (χ4n) is 2.95. The van der Waals surface area contributed by atoms with Gasteiger partial charge in [-0.3, -0.25) is 4.98 Å². The highest BCUT2D eigenvalue weighted by Crippen LogP contribution is 2.24. The Morgan fingerprint density at radius 3 is 2.87 bits per heavy atom. The van der Waals surface area contributed by atoms with Crippen molar-refractivity contribution < 1.29 is 0 Å². The predicted octanol–water partition coefficient (Wildman–Crippen LogP) is 0.567. The second-order valence-corrected chi connectivity index (χ2v) is 5.67. The monoisotopic (exact) mass is 310 g/mol. The Kier molecular flexibility index (Phi) is 3.30. The number of nitrogen functional groups attached to an aromatic ring is 1. The molecule has 8 heteroatoms. The summed E-state index contributed by atoms with van der Waals surface area (Å²) in [5.41, 5.74) is 7.81. The van der Waals surface area contributed by atoms with Crippen molar-refractivity contribution in [3.8, 4) is 11.4 Å². The van der Waals surface area contributed by atoms with E-state index in [1.807, 2.05) is 18.2 Å². The molecule has 0 radical (unpaired) electrons. The van der Waals surface area contributed by atoms with Crippen molar-refractivity contribution in [2.75, 3.05) is 30.3 Å². The minimum absolute atomic E-state index is 0.362. The molecule has 1 aliphatic heterocycles. The van der Waals surface area contributed by atoms with Gasteiger partial charge in [-0.15, -0.1) is 10.2 Å². The quantitative estimate of drug-likeness (QED) is 0.714. The van der Waals surface area contributed by atoms with Crippen LogP contribution in [-0.4, -0.2) is 50.2 Å². The van der Waals surface area contributed by atoms with Gasteiger partial charge < -0.3 is 16.0 Å². The molecule has 0 amide bonds. The van der Waals surface area contributed by atoms with Crippen LogP contribution >= 0.6 is 0 Å². The lowest BCUT2D eigenvalue weighted by Crippen LogP contribution is -2.50. The van der Waals surface area contributed by atoms with Gasteiger partial charge in [0.1, 0.15) is 5.82 Å². The van der Waals surface area contributed by atoms with Gasteiger partial charge in [0.25, 0.3) is 0 Å². The lowest BCUT2D eigenvalue weighted by molar-refractivity contribution is 0.497. The third-order valence-corrected chi connectivity index (χ3v) is 4.14. The summed E-state index contributed by atoms with van der Waals surface area (Å²) in [6.07, 6.45) is 3.44. The first kappa shape index (κ1) is 13.9. The van der Waals surface area contributed by atoms with Crippen molar-refractivity contribution in [2.45, 2.75) is 13.0 Å². The van der Waals surface area contributed by atoms with E-state index in [0.29, 0.717) is 23.5 Å². The van der Waals surface area contributed by atoms with Crippen LogP contribution in [0.25, 0.3) is 17.0 Å². The molecular formula is C15H18N8. The van der Waals surface area contributed by atoms with Crippen molar-refractivity contribution >= 4 is 17.4 Å². The van der Waals surface area contributed by atoms with Crippen LogP contribution in [0.1, 0.15) is 6.92 Å². The number of nitrogens with one attached hydrogen (secondary N) is 1. The van der Waals surface area contributed by atoms with Crippen LogP contribution in [0.3, 0.4) is 0 Å². The van der Waals surface area contributed by atoms with E-state index in [9.17, 15) is 0 Å². The van der Waals surface area contributed by atoms with E-state index in [1.165, 1.54) is 0 Å². The molecule has 0 aliphatic carbocycles. The molecule has 8 nitrogen and oxygen atoms in total. The van der Waals surface area contributed by atoms with E-state index >= 15 is 0 Å². The maximum atomic E-state index is 6.21. The molecule has 3 aromatic rings. The molecule has 1 atom stereocenters. The molecule has 118 valence electrons. The van der Waals surface area contributed by atoms with Crippen LogP contribution < -0.4 is 16.0 Å². The van der Waals surface area contributed by atoms with Gasteiger partial charge in [0.05, 0.1) is 0 Å². The number of pyridine rings is 1. The first-order chi connectivity index (χ1) is 11.2. The number of piperazine rings is 1. The smallest absolute Gasteiger partial charge is 0.209 e.